The van der Waals surface area contributed by atoms with E-state index < -0.39 is 10.8 Å². The number of fused-ring (bicyclic) bond motifs is 1. The second-order valence-corrected chi connectivity index (χ2v) is 7.03. The van der Waals surface area contributed by atoms with Crippen molar-refractivity contribution in [2.75, 3.05) is 17.2 Å². The van der Waals surface area contributed by atoms with E-state index in [0.29, 0.717) is 12.1 Å². The third-order valence-electron chi connectivity index (χ3n) is 4.07. The van der Waals surface area contributed by atoms with Gasteiger partial charge in [-0.3, -0.25) is 4.21 Å². The Morgan fingerprint density at radius 2 is 2.00 bits per heavy atom. The number of nitrogen functional groups attached to an aromatic ring is 1. The first-order chi connectivity index (χ1) is 8.72. The highest BCUT2D eigenvalue weighted by molar-refractivity contribution is 7.85. The van der Waals surface area contributed by atoms with Gasteiger partial charge in [0.1, 0.15) is 0 Å². The average Bonchev–Trinajstić information content (AvgIpc) is 2.74. The molecule has 1 aromatic rings. The van der Waals surface area contributed by atoms with Gasteiger partial charge in [-0.2, -0.15) is 0 Å². The van der Waals surface area contributed by atoms with Crippen LogP contribution in [0, 0.1) is 0 Å². The van der Waals surface area contributed by atoms with Gasteiger partial charge in [0.25, 0.3) is 0 Å². The normalized spacial score (nSPS) is 31.2. The molecule has 2 aliphatic rings. The van der Waals surface area contributed by atoms with Crippen molar-refractivity contribution in [3.63, 3.8) is 0 Å². The van der Waals surface area contributed by atoms with E-state index >= 15 is 0 Å². The highest BCUT2D eigenvalue weighted by Gasteiger charge is 2.26. The van der Waals surface area contributed by atoms with Crippen molar-refractivity contribution < 1.29 is 4.21 Å². The number of nitrogens with two attached hydrogens (primary N) is 1. The van der Waals surface area contributed by atoms with E-state index in [0.717, 1.165) is 36.5 Å². The zero-order valence-corrected chi connectivity index (χ0v) is 11.3. The minimum absolute atomic E-state index is 0.470. The smallest absolute Gasteiger partial charge is 0.0328 e. The summed E-state index contributed by atoms with van der Waals surface area (Å²) in [5.41, 5.74) is 9.49. The van der Waals surface area contributed by atoms with Crippen molar-refractivity contribution >= 4 is 16.5 Å². The van der Waals surface area contributed by atoms with Gasteiger partial charge in [0, 0.05) is 40.1 Å². The fourth-order valence-corrected chi connectivity index (χ4v) is 4.35. The van der Waals surface area contributed by atoms with Crippen LogP contribution in [0.3, 0.4) is 0 Å². The summed E-state index contributed by atoms with van der Waals surface area (Å²) in [6, 6.07) is 7.27. The fraction of sp³-hybridized carbons (Fsp3) is 0.571. The summed E-state index contributed by atoms with van der Waals surface area (Å²) < 4.78 is 11.4. The van der Waals surface area contributed by atoms with Crippen LogP contribution in [0.25, 0.3) is 0 Å². The maximum absolute atomic E-state index is 11.4. The minimum Gasteiger partial charge on any atom is -0.399 e. The van der Waals surface area contributed by atoms with E-state index in [4.69, 9.17) is 5.73 Å². The Hall–Kier alpha value is -0.870. The SMILES string of the molecule is Nc1ccc2c(c1)CCC2NC1CCS(=O)CC1. The van der Waals surface area contributed by atoms with Crippen molar-refractivity contribution in [1.82, 2.24) is 5.32 Å². The summed E-state index contributed by atoms with van der Waals surface area (Å²) in [5, 5.41) is 3.74. The highest BCUT2D eigenvalue weighted by Crippen LogP contribution is 2.33. The van der Waals surface area contributed by atoms with Crippen LogP contribution in [-0.4, -0.2) is 21.8 Å². The molecule has 98 valence electrons. The third-order valence-corrected chi connectivity index (χ3v) is 5.45. The lowest BCUT2D eigenvalue weighted by molar-refractivity contribution is 0.408. The van der Waals surface area contributed by atoms with Crippen LogP contribution in [0.2, 0.25) is 0 Å². The van der Waals surface area contributed by atoms with Crippen molar-refractivity contribution in [1.29, 1.82) is 0 Å². The van der Waals surface area contributed by atoms with Crippen LogP contribution < -0.4 is 11.1 Å². The number of hydrogen-bond donors (Lipinski definition) is 2. The topological polar surface area (TPSA) is 55.1 Å². The van der Waals surface area contributed by atoms with Crippen LogP contribution in [0.1, 0.15) is 36.4 Å². The summed E-state index contributed by atoms with van der Waals surface area (Å²) in [7, 11) is -0.569. The number of nitrogens with one attached hydrogen (secondary N) is 1. The minimum atomic E-state index is -0.569. The molecule has 4 heteroatoms. The van der Waals surface area contributed by atoms with E-state index in [-0.39, 0.29) is 0 Å². The zero-order chi connectivity index (χ0) is 12.5. The van der Waals surface area contributed by atoms with Crippen LogP contribution in [0.15, 0.2) is 18.2 Å². The lowest BCUT2D eigenvalue weighted by atomic mass is 10.0. The number of aryl methyl sites for hydroxylation is 1. The Morgan fingerprint density at radius 3 is 2.78 bits per heavy atom. The Labute approximate surface area is 111 Å². The Bertz CT molecular complexity index is 465. The summed E-state index contributed by atoms with van der Waals surface area (Å²) in [4.78, 5) is 0. The molecule has 0 amide bonds. The van der Waals surface area contributed by atoms with E-state index in [1.54, 1.807) is 0 Å². The monoisotopic (exact) mass is 264 g/mol. The largest absolute Gasteiger partial charge is 0.399 e. The van der Waals surface area contributed by atoms with Gasteiger partial charge >= 0.3 is 0 Å². The summed E-state index contributed by atoms with van der Waals surface area (Å²) in [5.74, 6) is 1.72. The molecule has 1 atom stereocenters. The first-order valence-corrected chi connectivity index (χ1v) is 8.20. The molecule has 0 radical (unpaired) electrons. The lowest BCUT2D eigenvalue weighted by Crippen LogP contribution is -2.37. The predicted molar refractivity (Wildman–Crippen MR) is 76.0 cm³/mol. The van der Waals surface area contributed by atoms with Crippen LogP contribution in [0.4, 0.5) is 5.69 Å². The molecule has 1 saturated heterocycles. The first-order valence-electron chi connectivity index (χ1n) is 6.72. The number of rotatable bonds is 2. The maximum atomic E-state index is 11.4. The molecular weight excluding hydrogens is 244 g/mol. The molecule has 0 saturated carbocycles. The van der Waals surface area contributed by atoms with E-state index in [1.807, 2.05) is 6.07 Å². The highest BCUT2D eigenvalue weighted by atomic mass is 32.2. The molecule has 1 heterocycles. The molecule has 1 unspecified atom stereocenters. The summed E-state index contributed by atoms with van der Waals surface area (Å²) >= 11 is 0. The van der Waals surface area contributed by atoms with Gasteiger partial charge in [-0.25, -0.2) is 0 Å². The fourth-order valence-electron chi connectivity index (χ4n) is 3.06. The van der Waals surface area contributed by atoms with Crippen molar-refractivity contribution in [3.05, 3.63) is 29.3 Å². The molecule has 1 aliphatic carbocycles. The second kappa shape index (κ2) is 5.02. The molecule has 1 fully saturated rings. The first kappa shape index (κ1) is 12.2. The quantitative estimate of drug-likeness (QED) is 0.800. The third kappa shape index (κ3) is 2.45. The summed E-state index contributed by atoms with van der Waals surface area (Å²) in [6.07, 6.45) is 4.38. The van der Waals surface area contributed by atoms with Gasteiger partial charge in [0.2, 0.25) is 0 Å². The average molecular weight is 264 g/mol. The van der Waals surface area contributed by atoms with Gasteiger partial charge in [0.15, 0.2) is 0 Å². The Morgan fingerprint density at radius 1 is 1.22 bits per heavy atom. The zero-order valence-electron chi connectivity index (χ0n) is 10.5. The van der Waals surface area contributed by atoms with E-state index in [1.165, 1.54) is 17.5 Å². The van der Waals surface area contributed by atoms with Gasteiger partial charge < -0.3 is 11.1 Å². The van der Waals surface area contributed by atoms with Crippen LogP contribution >= 0.6 is 0 Å². The molecule has 0 aromatic heterocycles. The van der Waals surface area contributed by atoms with Gasteiger partial charge in [0.05, 0.1) is 0 Å². The van der Waals surface area contributed by atoms with E-state index in [9.17, 15) is 4.21 Å². The molecule has 1 aromatic carbocycles. The van der Waals surface area contributed by atoms with Gasteiger partial charge in [-0.15, -0.1) is 0 Å². The molecule has 3 nitrogen and oxygen atoms in total. The van der Waals surface area contributed by atoms with Crippen molar-refractivity contribution in [2.45, 2.75) is 37.8 Å². The summed E-state index contributed by atoms with van der Waals surface area (Å²) in [6.45, 7) is 0. The molecule has 1 aliphatic heterocycles. The molecule has 0 spiro atoms. The molecule has 3 N–H and O–H groups in total. The van der Waals surface area contributed by atoms with Crippen molar-refractivity contribution in [3.8, 4) is 0 Å². The van der Waals surface area contributed by atoms with Crippen LogP contribution in [0.5, 0.6) is 0 Å². The van der Waals surface area contributed by atoms with E-state index in [2.05, 4.69) is 17.4 Å². The second-order valence-electron chi connectivity index (χ2n) is 5.34. The van der Waals surface area contributed by atoms with Gasteiger partial charge in [-0.05, 0) is 48.9 Å². The molecule has 18 heavy (non-hydrogen) atoms. The standard InChI is InChI=1S/C14H20N2OS/c15-11-2-3-13-10(9-11)1-4-14(13)16-12-5-7-18(17)8-6-12/h2-3,9,12,14,16H,1,4-8,15H2. The lowest BCUT2D eigenvalue weighted by Gasteiger charge is -2.26. The van der Waals surface area contributed by atoms with Gasteiger partial charge in [-0.1, -0.05) is 6.07 Å². The number of anilines is 1. The molecule has 0 bridgehead atoms. The molecular formula is C14H20N2OS. The van der Waals surface area contributed by atoms with Crippen molar-refractivity contribution in [2.24, 2.45) is 0 Å². The predicted octanol–water partition coefficient (Wildman–Crippen LogP) is 1.76. The number of hydrogen-bond acceptors (Lipinski definition) is 3. The number of benzene rings is 1. The Kier molecular flexibility index (Phi) is 3.39. The van der Waals surface area contributed by atoms with Crippen LogP contribution in [-0.2, 0) is 17.2 Å². The molecule has 3 rings (SSSR count). The Balaban J connectivity index is 1.67. The maximum Gasteiger partial charge on any atom is 0.0328 e.